The highest BCUT2D eigenvalue weighted by atomic mass is 19.1. The number of ether oxygens (including phenoxy) is 1. The Morgan fingerprint density at radius 3 is 2.58 bits per heavy atom. The van der Waals surface area contributed by atoms with E-state index in [4.69, 9.17) is 4.74 Å². The average molecular weight is 357 g/mol. The van der Waals surface area contributed by atoms with Crippen molar-refractivity contribution in [2.24, 2.45) is 0 Å². The second kappa shape index (κ2) is 7.07. The number of esters is 1. The molecule has 1 amide bonds. The molecule has 0 bridgehead atoms. The van der Waals surface area contributed by atoms with Crippen LogP contribution in [0.5, 0.6) is 0 Å². The van der Waals surface area contributed by atoms with Crippen molar-refractivity contribution in [3.63, 3.8) is 0 Å². The Labute approximate surface area is 149 Å². The molecule has 2 aromatic carbocycles. The molecule has 0 fully saturated rings. The predicted molar refractivity (Wildman–Crippen MR) is 92.0 cm³/mol. The lowest BCUT2D eigenvalue weighted by Gasteiger charge is -2.18. The van der Waals surface area contributed by atoms with Gasteiger partial charge in [-0.3, -0.25) is 9.59 Å². The molecule has 0 saturated carbocycles. The molecule has 0 radical (unpaired) electrons. The van der Waals surface area contributed by atoms with Gasteiger partial charge in [0.25, 0.3) is 5.91 Å². The minimum absolute atomic E-state index is 0.0348. The fraction of sp³-hybridized carbons (Fsp3) is 0.200. The second-order valence-corrected chi connectivity index (χ2v) is 6.00. The number of carbonyl (C=O) groups is 2. The lowest BCUT2D eigenvalue weighted by atomic mass is 10.1. The monoisotopic (exact) mass is 357 g/mol. The van der Waals surface area contributed by atoms with Gasteiger partial charge in [-0.1, -0.05) is 24.8 Å². The number of hydrogen-bond acceptors (Lipinski definition) is 3. The smallest absolute Gasteiger partial charge is 0.308 e. The summed E-state index contributed by atoms with van der Waals surface area (Å²) in [5.74, 6) is -2.09. The number of halogens is 2. The summed E-state index contributed by atoms with van der Waals surface area (Å²) in [6, 6.07) is 10.0. The van der Waals surface area contributed by atoms with E-state index >= 15 is 0 Å². The molecule has 1 atom stereocenters. The maximum atomic E-state index is 13.7. The van der Waals surface area contributed by atoms with Crippen LogP contribution >= 0.6 is 0 Å². The number of hydrogen-bond donors (Lipinski definition) is 0. The van der Waals surface area contributed by atoms with Gasteiger partial charge in [-0.25, -0.2) is 8.78 Å². The first-order chi connectivity index (χ1) is 12.4. The summed E-state index contributed by atoms with van der Waals surface area (Å²) in [6.45, 7) is 5.46. The van der Waals surface area contributed by atoms with Crippen molar-refractivity contribution in [2.75, 3.05) is 6.54 Å². The Balaban J connectivity index is 1.61. The molecule has 4 nitrogen and oxygen atoms in total. The molecule has 2 aromatic rings. The van der Waals surface area contributed by atoms with E-state index < -0.39 is 23.7 Å². The molecule has 1 aliphatic heterocycles. The second-order valence-electron chi connectivity index (χ2n) is 6.00. The number of carbonyl (C=O) groups excluding carboxylic acids is 2. The molecule has 0 aliphatic carbocycles. The van der Waals surface area contributed by atoms with E-state index in [1.54, 1.807) is 18.2 Å². The van der Waals surface area contributed by atoms with Crippen LogP contribution in [0.4, 0.5) is 8.78 Å². The maximum absolute atomic E-state index is 13.7. The fourth-order valence-corrected chi connectivity index (χ4v) is 2.92. The Morgan fingerprint density at radius 1 is 1.19 bits per heavy atom. The summed E-state index contributed by atoms with van der Waals surface area (Å²) in [4.78, 5) is 25.8. The van der Waals surface area contributed by atoms with Gasteiger partial charge in [0, 0.05) is 28.9 Å². The molecular formula is C20H17F2NO3. The first-order valence-corrected chi connectivity index (χ1v) is 8.13. The lowest BCUT2D eigenvalue weighted by molar-refractivity contribution is -0.148. The Morgan fingerprint density at radius 2 is 1.88 bits per heavy atom. The summed E-state index contributed by atoms with van der Waals surface area (Å²) in [5.41, 5.74) is 1.78. The minimum atomic E-state index is -0.937. The van der Waals surface area contributed by atoms with Crippen LogP contribution in [0, 0.1) is 11.6 Å². The molecule has 3 rings (SSSR count). The van der Waals surface area contributed by atoms with Crippen molar-refractivity contribution in [3.8, 4) is 0 Å². The molecule has 0 saturated heterocycles. The van der Waals surface area contributed by atoms with Gasteiger partial charge >= 0.3 is 5.97 Å². The van der Waals surface area contributed by atoms with E-state index in [1.165, 1.54) is 11.8 Å². The normalized spacial score (nSPS) is 14.3. The van der Waals surface area contributed by atoms with Crippen LogP contribution in [0.1, 0.15) is 40.9 Å². The Hall–Kier alpha value is -3.02. The molecule has 0 aromatic heterocycles. The van der Waals surface area contributed by atoms with Gasteiger partial charge in [-0.05, 0) is 31.2 Å². The van der Waals surface area contributed by atoms with Crippen molar-refractivity contribution in [1.29, 1.82) is 0 Å². The van der Waals surface area contributed by atoms with Crippen LogP contribution in [-0.4, -0.2) is 23.3 Å². The third-order valence-corrected chi connectivity index (χ3v) is 4.28. The number of benzene rings is 2. The van der Waals surface area contributed by atoms with Gasteiger partial charge < -0.3 is 9.64 Å². The van der Waals surface area contributed by atoms with E-state index in [-0.39, 0.29) is 24.4 Å². The van der Waals surface area contributed by atoms with E-state index in [0.717, 1.165) is 23.8 Å². The summed E-state index contributed by atoms with van der Waals surface area (Å²) < 4.78 is 32.2. The summed E-state index contributed by atoms with van der Waals surface area (Å²) in [5, 5.41) is 0. The quantitative estimate of drug-likeness (QED) is 0.758. The minimum Gasteiger partial charge on any atom is -0.458 e. The van der Waals surface area contributed by atoms with Gasteiger partial charge in [0.1, 0.15) is 17.7 Å². The van der Waals surface area contributed by atoms with Crippen LogP contribution in [0.15, 0.2) is 49.0 Å². The van der Waals surface area contributed by atoms with Gasteiger partial charge in [-0.15, -0.1) is 0 Å². The first kappa shape index (κ1) is 17.8. The van der Waals surface area contributed by atoms with Gasteiger partial charge in [0.05, 0.1) is 6.42 Å². The van der Waals surface area contributed by atoms with Crippen LogP contribution in [0.25, 0.3) is 5.70 Å². The van der Waals surface area contributed by atoms with Crippen LogP contribution in [0.2, 0.25) is 0 Å². The maximum Gasteiger partial charge on any atom is 0.308 e. The van der Waals surface area contributed by atoms with Gasteiger partial charge in [0.2, 0.25) is 0 Å². The first-order valence-electron chi connectivity index (χ1n) is 8.13. The number of fused-ring (bicyclic) bond motifs is 1. The molecule has 0 N–H and O–H groups in total. The molecule has 6 heteroatoms. The zero-order chi connectivity index (χ0) is 18.8. The van der Waals surface area contributed by atoms with E-state index in [2.05, 4.69) is 6.58 Å². The van der Waals surface area contributed by atoms with Crippen LogP contribution in [-0.2, 0) is 9.53 Å². The zero-order valence-electron chi connectivity index (χ0n) is 14.2. The predicted octanol–water partition coefficient (Wildman–Crippen LogP) is 4.09. The summed E-state index contributed by atoms with van der Waals surface area (Å²) in [7, 11) is 0. The Kier molecular flexibility index (Phi) is 4.84. The lowest BCUT2D eigenvalue weighted by Crippen LogP contribution is -2.26. The Bertz CT molecular complexity index is 859. The summed E-state index contributed by atoms with van der Waals surface area (Å²) in [6.07, 6.45) is -1.02. The number of rotatable bonds is 5. The molecule has 1 unspecified atom stereocenters. The molecule has 26 heavy (non-hydrogen) atoms. The van der Waals surface area contributed by atoms with Crippen molar-refractivity contribution in [2.45, 2.75) is 19.4 Å². The number of amides is 1. The van der Waals surface area contributed by atoms with Crippen molar-refractivity contribution in [1.82, 2.24) is 4.90 Å². The number of nitrogens with zero attached hydrogens (tertiary/aromatic N) is 1. The highest BCUT2D eigenvalue weighted by molar-refractivity contribution is 6.08. The zero-order valence-corrected chi connectivity index (χ0v) is 14.2. The van der Waals surface area contributed by atoms with Crippen LogP contribution < -0.4 is 0 Å². The molecule has 1 heterocycles. The van der Waals surface area contributed by atoms with E-state index in [1.807, 2.05) is 6.07 Å². The van der Waals surface area contributed by atoms with Crippen molar-refractivity contribution < 1.29 is 23.1 Å². The summed E-state index contributed by atoms with van der Waals surface area (Å²) >= 11 is 0. The highest BCUT2D eigenvalue weighted by Crippen LogP contribution is 2.31. The van der Waals surface area contributed by atoms with E-state index in [9.17, 15) is 18.4 Å². The molecular weight excluding hydrogens is 340 g/mol. The largest absolute Gasteiger partial charge is 0.458 e. The SMILES string of the molecule is C=C1c2ccccc2C(=O)N1CCC(=O)OC(C)c1cc(F)ccc1F. The fourth-order valence-electron chi connectivity index (χ4n) is 2.92. The third-order valence-electron chi connectivity index (χ3n) is 4.28. The molecule has 0 spiro atoms. The van der Waals surface area contributed by atoms with Crippen molar-refractivity contribution >= 4 is 17.6 Å². The van der Waals surface area contributed by atoms with Gasteiger partial charge in [0.15, 0.2) is 0 Å². The van der Waals surface area contributed by atoms with Crippen LogP contribution in [0.3, 0.4) is 0 Å². The van der Waals surface area contributed by atoms with Crippen molar-refractivity contribution in [3.05, 3.63) is 77.4 Å². The molecule has 1 aliphatic rings. The topological polar surface area (TPSA) is 46.6 Å². The highest BCUT2D eigenvalue weighted by Gasteiger charge is 2.30. The van der Waals surface area contributed by atoms with Gasteiger partial charge in [-0.2, -0.15) is 0 Å². The van der Waals surface area contributed by atoms with E-state index in [0.29, 0.717) is 11.3 Å². The standard InChI is InChI=1S/C20H17F2NO3/c1-12-15-5-3-4-6-16(15)20(25)23(12)10-9-19(24)26-13(2)17-11-14(21)7-8-18(17)22/h3-8,11,13H,1,9-10H2,2H3. The average Bonchev–Trinajstić information content (AvgIpc) is 2.86. The molecule has 134 valence electrons. The third kappa shape index (κ3) is 3.35.